The maximum Gasteiger partial charge on any atom is 0.387 e. The summed E-state index contributed by atoms with van der Waals surface area (Å²) in [5, 5.41) is 0. The number of hydrogen-bond donors (Lipinski definition) is 0. The first-order valence-electron chi connectivity index (χ1n) is 5.02. The van der Waals surface area contributed by atoms with Gasteiger partial charge in [-0.25, -0.2) is 4.39 Å². The van der Waals surface area contributed by atoms with E-state index < -0.39 is 30.0 Å². The van der Waals surface area contributed by atoms with Crippen molar-refractivity contribution in [1.29, 1.82) is 0 Å². The Bertz CT molecular complexity index is 435. The van der Waals surface area contributed by atoms with Crippen LogP contribution in [0.25, 0.3) is 0 Å². The highest BCUT2D eigenvalue weighted by Crippen LogP contribution is 2.24. The molecular formula is C11H10F4O3. The minimum Gasteiger partial charge on any atom is -0.466 e. The van der Waals surface area contributed by atoms with Gasteiger partial charge in [0, 0.05) is 0 Å². The van der Waals surface area contributed by atoms with Crippen molar-refractivity contribution in [3.8, 4) is 5.75 Å². The summed E-state index contributed by atoms with van der Waals surface area (Å²) >= 11 is 0. The van der Waals surface area contributed by atoms with E-state index >= 15 is 0 Å². The Morgan fingerprint density at radius 3 is 2.56 bits per heavy atom. The molecule has 0 saturated carbocycles. The van der Waals surface area contributed by atoms with Gasteiger partial charge in [-0.05, 0) is 24.6 Å². The molecule has 1 aromatic rings. The first-order chi connectivity index (χ1) is 8.43. The third kappa shape index (κ3) is 3.90. The van der Waals surface area contributed by atoms with Crippen molar-refractivity contribution in [2.75, 3.05) is 6.61 Å². The quantitative estimate of drug-likeness (QED) is 0.607. The highest BCUT2D eigenvalue weighted by Gasteiger charge is 2.17. The van der Waals surface area contributed by atoms with Crippen LogP contribution in [0.3, 0.4) is 0 Å². The molecule has 0 radical (unpaired) electrons. The predicted octanol–water partition coefficient (Wildman–Crippen LogP) is 2.67. The Morgan fingerprint density at radius 1 is 1.33 bits per heavy atom. The number of hydrogen-bond acceptors (Lipinski definition) is 3. The monoisotopic (exact) mass is 266 g/mol. The van der Waals surface area contributed by atoms with E-state index in [1.54, 1.807) is 6.92 Å². The zero-order chi connectivity index (χ0) is 13.7. The largest absolute Gasteiger partial charge is 0.466 e. The predicted molar refractivity (Wildman–Crippen MR) is 53.3 cm³/mol. The maximum absolute atomic E-state index is 13.1. The van der Waals surface area contributed by atoms with Crippen LogP contribution in [-0.4, -0.2) is 19.2 Å². The lowest BCUT2D eigenvalue weighted by Gasteiger charge is -2.09. The number of ether oxygens (including phenoxy) is 2. The zero-order valence-corrected chi connectivity index (χ0v) is 9.38. The smallest absolute Gasteiger partial charge is 0.387 e. The molecule has 7 heteroatoms. The molecule has 100 valence electrons. The lowest BCUT2D eigenvalue weighted by molar-refractivity contribution is -0.142. The number of carbonyl (C=O) groups is 1. The van der Waals surface area contributed by atoms with Crippen LogP contribution in [0, 0.1) is 11.6 Å². The molecule has 0 atom stereocenters. The van der Waals surface area contributed by atoms with Gasteiger partial charge in [-0.3, -0.25) is 4.79 Å². The number of halogens is 4. The summed E-state index contributed by atoms with van der Waals surface area (Å²) in [6.07, 6.45) is -0.357. The van der Waals surface area contributed by atoms with E-state index in [1.165, 1.54) is 0 Å². The number of carbonyl (C=O) groups excluding carboxylic acids is 1. The maximum atomic E-state index is 13.1. The molecule has 0 fully saturated rings. The average Bonchev–Trinajstić information content (AvgIpc) is 2.24. The summed E-state index contributed by atoms with van der Waals surface area (Å²) in [5.74, 6) is -4.51. The van der Waals surface area contributed by atoms with Gasteiger partial charge in [0.1, 0.15) is 0 Å². The minimum absolute atomic E-state index is 0.0111. The highest BCUT2D eigenvalue weighted by atomic mass is 19.3. The Labute approximate surface area is 100 Å². The van der Waals surface area contributed by atoms with E-state index in [9.17, 15) is 22.4 Å². The van der Waals surface area contributed by atoms with Gasteiger partial charge in [0.25, 0.3) is 0 Å². The lowest BCUT2D eigenvalue weighted by Crippen LogP contribution is -2.10. The number of alkyl halides is 2. The topological polar surface area (TPSA) is 35.5 Å². The summed E-state index contributed by atoms with van der Waals surface area (Å²) in [4.78, 5) is 11.1. The fourth-order valence-corrected chi connectivity index (χ4v) is 1.28. The third-order valence-corrected chi connectivity index (χ3v) is 1.92. The second kappa shape index (κ2) is 6.23. The Hall–Kier alpha value is -1.79. The molecule has 0 aromatic heterocycles. The minimum atomic E-state index is -3.28. The van der Waals surface area contributed by atoms with Crippen molar-refractivity contribution in [2.24, 2.45) is 0 Å². The molecule has 0 saturated heterocycles. The van der Waals surface area contributed by atoms with Crippen LogP contribution in [0.5, 0.6) is 5.75 Å². The number of esters is 1. The fraction of sp³-hybridized carbons (Fsp3) is 0.364. The Balaban J connectivity index is 2.93. The van der Waals surface area contributed by atoms with E-state index in [2.05, 4.69) is 9.47 Å². The number of benzene rings is 1. The van der Waals surface area contributed by atoms with Crippen molar-refractivity contribution in [2.45, 2.75) is 20.0 Å². The van der Waals surface area contributed by atoms with Crippen LogP contribution < -0.4 is 4.74 Å². The lowest BCUT2D eigenvalue weighted by atomic mass is 10.1. The molecule has 0 aliphatic heterocycles. The molecule has 18 heavy (non-hydrogen) atoms. The normalized spacial score (nSPS) is 10.6. The second-order valence-electron chi connectivity index (χ2n) is 3.25. The van der Waals surface area contributed by atoms with Gasteiger partial charge in [-0.2, -0.15) is 13.2 Å². The first kappa shape index (κ1) is 14.3. The van der Waals surface area contributed by atoms with Crippen LogP contribution in [0.1, 0.15) is 12.5 Å². The van der Waals surface area contributed by atoms with Crippen molar-refractivity contribution < 1.29 is 31.8 Å². The third-order valence-electron chi connectivity index (χ3n) is 1.92. The average molecular weight is 266 g/mol. The van der Waals surface area contributed by atoms with Crippen LogP contribution >= 0.6 is 0 Å². The van der Waals surface area contributed by atoms with Crippen molar-refractivity contribution in [3.63, 3.8) is 0 Å². The summed E-state index contributed by atoms with van der Waals surface area (Å²) in [7, 11) is 0. The number of rotatable bonds is 5. The van der Waals surface area contributed by atoms with Crippen LogP contribution in [0.2, 0.25) is 0 Å². The van der Waals surface area contributed by atoms with Gasteiger partial charge < -0.3 is 9.47 Å². The Morgan fingerprint density at radius 2 is 2.00 bits per heavy atom. The highest BCUT2D eigenvalue weighted by molar-refractivity contribution is 5.72. The molecule has 0 aliphatic carbocycles. The van der Waals surface area contributed by atoms with Crippen molar-refractivity contribution in [3.05, 3.63) is 29.3 Å². The molecule has 0 heterocycles. The second-order valence-corrected chi connectivity index (χ2v) is 3.25. The molecule has 3 nitrogen and oxygen atoms in total. The summed E-state index contributed by atoms with van der Waals surface area (Å²) in [5.41, 5.74) is -0.0111. The van der Waals surface area contributed by atoms with Gasteiger partial charge >= 0.3 is 12.6 Å². The molecule has 1 rings (SSSR count). The van der Waals surface area contributed by atoms with Gasteiger partial charge in [0.05, 0.1) is 13.0 Å². The van der Waals surface area contributed by atoms with Gasteiger partial charge in [0.2, 0.25) is 5.82 Å². The molecule has 0 N–H and O–H groups in total. The summed E-state index contributed by atoms with van der Waals surface area (Å²) in [6, 6.07) is 1.56. The fourth-order valence-electron chi connectivity index (χ4n) is 1.28. The molecule has 0 bridgehead atoms. The SMILES string of the molecule is CCOC(=O)Cc1cc(F)c(F)c(OC(F)F)c1. The van der Waals surface area contributed by atoms with Gasteiger partial charge in [-0.15, -0.1) is 0 Å². The molecule has 0 spiro atoms. The Kier molecular flexibility index (Phi) is 4.94. The molecular weight excluding hydrogens is 256 g/mol. The van der Waals surface area contributed by atoms with Crippen LogP contribution in [-0.2, 0) is 16.0 Å². The summed E-state index contributed by atoms with van der Waals surface area (Å²) in [6.45, 7) is -1.58. The van der Waals surface area contributed by atoms with E-state index in [0.29, 0.717) is 0 Å². The van der Waals surface area contributed by atoms with E-state index in [0.717, 1.165) is 12.1 Å². The molecule has 0 unspecified atom stereocenters. The van der Waals surface area contributed by atoms with Crippen LogP contribution in [0.4, 0.5) is 17.6 Å². The standard InChI is InChI=1S/C11H10F4O3/c1-2-17-9(16)5-6-3-7(12)10(13)8(4-6)18-11(14)15/h3-4,11H,2,5H2,1H3. The summed E-state index contributed by atoms with van der Waals surface area (Å²) < 4.78 is 58.4. The van der Waals surface area contributed by atoms with Crippen molar-refractivity contribution in [1.82, 2.24) is 0 Å². The van der Waals surface area contributed by atoms with E-state index in [-0.39, 0.29) is 18.6 Å². The van der Waals surface area contributed by atoms with E-state index in [4.69, 9.17) is 0 Å². The first-order valence-corrected chi connectivity index (χ1v) is 5.02. The van der Waals surface area contributed by atoms with Gasteiger partial charge in [0.15, 0.2) is 11.6 Å². The van der Waals surface area contributed by atoms with Crippen LogP contribution in [0.15, 0.2) is 12.1 Å². The molecule has 0 aliphatic rings. The van der Waals surface area contributed by atoms with E-state index in [1.807, 2.05) is 0 Å². The molecule has 1 aromatic carbocycles. The zero-order valence-electron chi connectivity index (χ0n) is 9.38. The van der Waals surface area contributed by atoms with Gasteiger partial charge in [-0.1, -0.05) is 0 Å². The molecule has 0 amide bonds. The van der Waals surface area contributed by atoms with Crippen molar-refractivity contribution >= 4 is 5.97 Å².